The quantitative estimate of drug-likeness (QED) is 0.842. The number of methoxy groups -OCH3 is 1. The highest BCUT2D eigenvalue weighted by molar-refractivity contribution is 5.48. The van der Waals surface area contributed by atoms with E-state index >= 15 is 0 Å². The normalized spacial score (nSPS) is 16.1. The van der Waals surface area contributed by atoms with Crippen molar-refractivity contribution in [2.45, 2.75) is 13.0 Å². The molecule has 0 spiro atoms. The SMILES string of the molecule is COc1ccc(CN2CCCOCC2)cc1C#CCN. The summed E-state index contributed by atoms with van der Waals surface area (Å²) in [6.07, 6.45) is 1.09. The van der Waals surface area contributed by atoms with Gasteiger partial charge in [0.25, 0.3) is 0 Å². The molecule has 108 valence electrons. The van der Waals surface area contributed by atoms with Crippen LogP contribution in [0.3, 0.4) is 0 Å². The second-order valence-electron chi connectivity index (χ2n) is 4.78. The third kappa shape index (κ3) is 4.24. The van der Waals surface area contributed by atoms with E-state index in [1.807, 2.05) is 6.07 Å². The molecule has 2 N–H and O–H groups in total. The van der Waals surface area contributed by atoms with E-state index < -0.39 is 0 Å². The largest absolute Gasteiger partial charge is 0.495 e. The first-order valence-electron chi connectivity index (χ1n) is 6.99. The average Bonchev–Trinajstić information content (AvgIpc) is 2.74. The van der Waals surface area contributed by atoms with Crippen LogP contribution in [0.1, 0.15) is 17.5 Å². The second-order valence-corrected chi connectivity index (χ2v) is 4.78. The summed E-state index contributed by atoms with van der Waals surface area (Å²) in [5, 5.41) is 0. The molecule has 1 fully saturated rings. The van der Waals surface area contributed by atoms with Gasteiger partial charge in [-0.15, -0.1) is 0 Å². The van der Waals surface area contributed by atoms with Gasteiger partial charge in [0, 0.05) is 26.2 Å². The van der Waals surface area contributed by atoms with Crippen molar-refractivity contribution in [1.82, 2.24) is 4.90 Å². The molecule has 0 aromatic heterocycles. The van der Waals surface area contributed by atoms with Gasteiger partial charge in [0.2, 0.25) is 0 Å². The Bertz CT molecular complexity index is 483. The van der Waals surface area contributed by atoms with E-state index in [0.29, 0.717) is 6.54 Å². The first-order chi connectivity index (χ1) is 9.83. The van der Waals surface area contributed by atoms with Crippen molar-refractivity contribution in [1.29, 1.82) is 0 Å². The van der Waals surface area contributed by atoms with E-state index in [2.05, 4.69) is 28.9 Å². The Morgan fingerprint density at radius 1 is 1.35 bits per heavy atom. The van der Waals surface area contributed by atoms with E-state index in [9.17, 15) is 0 Å². The van der Waals surface area contributed by atoms with Gasteiger partial charge >= 0.3 is 0 Å². The van der Waals surface area contributed by atoms with Crippen molar-refractivity contribution in [3.8, 4) is 17.6 Å². The van der Waals surface area contributed by atoms with Gasteiger partial charge in [-0.25, -0.2) is 0 Å². The number of hydrogen-bond donors (Lipinski definition) is 1. The molecule has 0 saturated carbocycles. The number of rotatable bonds is 3. The lowest BCUT2D eigenvalue weighted by Crippen LogP contribution is -2.25. The molecule has 0 radical (unpaired) electrons. The van der Waals surface area contributed by atoms with Crippen LogP contribution < -0.4 is 10.5 Å². The Morgan fingerprint density at radius 2 is 2.25 bits per heavy atom. The highest BCUT2D eigenvalue weighted by Crippen LogP contribution is 2.20. The molecule has 4 nitrogen and oxygen atoms in total. The number of nitrogens with zero attached hydrogens (tertiary/aromatic N) is 1. The van der Waals surface area contributed by atoms with Crippen LogP contribution in [0.5, 0.6) is 5.75 Å². The van der Waals surface area contributed by atoms with Gasteiger partial charge in [-0.3, -0.25) is 4.90 Å². The number of nitrogens with two attached hydrogens (primary N) is 1. The molecule has 4 heteroatoms. The maximum atomic E-state index is 5.48. The highest BCUT2D eigenvalue weighted by Gasteiger charge is 2.10. The van der Waals surface area contributed by atoms with E-state index in [-0.39, 0.29) is 0 Å². The second kappa shape index (κ2) is 7.91. The summed E-state index contributed by atoms with van der Waals surface area (Å²) in [4.78, 5) is 2.41. The summed E-state index contributed by atoms with van der Waals surface area (Å²) in [6.45, 7) is 5.02. The molecular formula is C16H22N2O2. The zero-order valence-electron chi connectivity index (χ0n) is 12.0. The van der Waals surface area contributed by atoms with Crippen LogP contribution >= 0.6 is 0 Å². The van der Waals surface area contributed by atoms with Crippen molar-refractivity contribution < 1.29 is 9.47 Å². The first-order valence-corrected chi connectivity index (χ1v) is 6.99. The molecule has 0 atom stereocenters. The minimum atomic E-state index is 0.358. The summed E-state index contributed by atoms with van der Waals surface area (Å²) in [6, 6.07) is 6.16. The van der Waals surface area contributed by atoms with Crippen molar-refractivity contribution in [3.05, 3.63) is 29.3 Å². The van der Waals surface area contributed by atoms with Crippen LogP contribution in [0.15, 0.2) is 18.2 Å². The van der Waals surface area contributed by atoms with Gasteiger partial charge in [-0.2, -0.15) is 0 Å². The molecule has 0 bridgehead atoms. The van der Waals surface area contributed by atoms with E-state index in [1.165, 1.54) is 5.56 Å². The summed E-state index contributed by atoms with van der Waals surface area (Å²) < 4.78 is 10.8. The van der Waals surface area contributed by atoms with Gasteiger partial charge in [0.1, 0.15) is 5.75 Å². The standard InChI is InChI=1S/C16H22N2O2/c1-19-16-6-5-14(12-15(16)4-2-7-17)13-18-8-3-10-20-11-9-18/h5-6,12H,3,7-11,13,17H2,1H3. The fraction of sp³-hybridized carbons (Fsp3) is 0.500. The number of ether oxygens (including phenoxy) is 2. The van der Waals surface area contributed by atoms with Crippen LogP contribution in [0.2, 0.25) is 0 Å². The zero-order valence-corrected chi connectivity index (χ0v) is 12.0. The topological polar surface area (TPSA) is 47.7 Å². The van der Waals surface area contributed by atoms with Crippen LogP contribution in [0, 0.1) is 11.8 Å². The molecule has 0 amide bonds. The van der Waals surface area contributed by atoms with E-state index in [1.54, 1.807) is 7.11 Å². The summed E-state index contributed by atoms with van der Waals surface area (Å²) in [5.74, 6) is 6.75. The van der Waals surface area contributed by atoms with Gasteiger partial charge < -0.3 is 15.2 Å². The monoisotopic (exact) mass is 274 g/mol. The number of hydrogen-bond acceptors (Lipinski definition) is 4. The molecule has 1 aliphatic rings. The van der Waals surface area contributed by atoms with Crippen molar-refractivity contribution in [2.24, 2.45) is 5.73 Å². The minimum absolute atomic E-state index is 0.358. The lowest BCUT2D eigenvalue weighted by Gasteiger charge is -2.19. The Labute approximate surface area is 120 Å². The van der Waals surface area contributed by atoms with Crippen LogP contribution in [0.25, 0.3) is 0 Å². The van der Waals surface area contributed by atoms with Crippen molar-refractivity contribution >= 4 is 0 Å². The van der Waals surface area contributed by atoms with E-state index in [0.717, 1.165) is 50.6 Å². The third-order valence-electron chi connectivity index (χ3n) is 3.31. The molecule has 0 aliphatic carbocycles. The van der Waals surface area contributed by atoms with Crippen LogP contribution in [-0.4, -0.2) is 44.9 Å². The van der Waals surface area contributed by atoms with Gasteiger partial charge in [0.05, 0.1) is 25.8 Å². The summed E-state index contributed by atoms with van der Waals surface area (Å²) in [5.41, 5.74) is 7.58. The van der Waals surface area contributed by atoms with E-state index in [4.69, 9.17) is 15.2 Å². The Hall–Kier alpha value is -1.54. The first kappa shape index (κ1) is 14.9. The average molecular weight is 274 g/mol. The van der Waals surface area contributed by atoms with Crippen molar-refractivity contribution in [3.63, 3.8) is 0 Å². The predicted molar refractivity (Wildman–Crippen MR) is 79.6 cm³/mol. The maximum absolute atomic E-state index is 5.48. The lowest BCUT2D eigenvalue weighted by molar-refractivity contribution is 0.140. The fourth-order valence-corrected chi connectivity index (χ4v) is 2.31. The smallest absolute Gasteiger partial charge is 0.134 e. The molecule has 1 heterocycles. The van der Waals surface area contributed by atoms with Crippen molar-refractivity contribution in [2.75, 3.05) is 40.0 Å². The molecule has 2 rings (SSSR count). The zero-order chi connectivity index (χ0) is 14.2. The molecule has 1 saturated heterocycles. The molecule has 1 aromatic carbocycles. The van der Waals surface area contributed by atoms with Gasteiger partial charge in [0.15, 0.2) is 0 Å². The molecule has 1 aliphatic heterocycles. The Morgan fingerprint density at radius 3 is 3.05 bits per heavy atom. The van der Waals surface area contributed by atoms with Crippen LogP contribution in [0.4, 0.5) is 0 Å². The third-order valence-corrected chi connectivity index (χ3v) is 3.31. The Balaban J connectivity index is 2.11. The highest BCUT2D eigenvalue weighted by atomic mass is 16.5. The minimum Gasteiger partial charge on any atom is -0.495 e. The fourth-order valence-electron chi connectivity index (χ4n) is 2.31. The molecule has 1 aromatic rings. The predicted octanol–water partition coefficient (Wildman–Crippen LogP) is 1.23. The van der Waals surface area contributed by atoms with Gasteiger partial charge in [-0.1, -0.05) is 17.9 Å². The number of benzene rings is 1. The Kier molecular flexibility index (Phi) is 5.87. The molecular weight excluding hydrogens is 252 g/mol. The molecule has 0 unspecified atom stereocenters. The molecule has 20 heavy (non-hydrogen) atoms. The summed E-state index contributed by atoms with van der Waals surface area (Å²) >= 11 is 0. The van der Waals surface area contributed by atoms with Crippen LogP contribution in [-0.2, 0) is 11.3 Å². The van der Waals surface area contributed by atoms with Gasteiger partial charge in [-0.05, 0) is 24.1 Å². The lowest BCUT2D eigenvalue weighted by atomic mass is 10.1. The maximum Gasteiger partial charge on any atom is 0.134 e. The summed E-state index contributed by atoms with van der Waals surface area (Å²) in [7, 11) is 1.66.